The van der Waals surface area contributed by atoms with Crippen molar-refractivity contribution in [2.45, 2.75) is 0 Å². The number of benzene rings is 1. The minimum atomic E-state index is -1.20. The number of carboxylic acid groups (broad SMARTS) is 1. The maximum Gasteiger partial charge on any atom is 1.00 e. The van der Waals surface area contributed by atoms with Gasteiger partial charge >= 0.3 is 29.6 Å². The Morgan fingerprint density at radius 2 is 2.00 bits per heavy atom. The van der Waals surface area contributed by atoms with Gasteiger partial charge < -0.3 is 14.6 Å². The van der Waals surface area contributed by atoms with Gasteiger partial charge in [0.05, 0.1) is 25.3 Å². The summed E-state index contributed by atoms with van der Waals surface area (Å²) in [6, 6.07) is 6.92. The summed E-state index contributed by atoms with van der Waals surface area (Å²) in [5.74, 6) is -0.474. The zero-order chi connectivity index (χ0) is 12.0. The number of rotatable bonds is 5. The van der Waals surface area contributed by atoms with Crippen LogP contribution >= 0.6 is 0 Å². The zero-order valence-electron chi connectivity index (χ0n) is 10.1. The largest absolute Gasteiger partial charge is 1.00 e. The van der Waals surface area contributed by atoms with E-state index in [0.29, 0.717) is 5.69 Å². The van der Waals surface area contributed by atoms with Gasteiger partial charge in [-0.2, -0.15) is 0 Å². The van der Waals surface area contributed by atoms with E-state index in [1.807, 2.05) is 0 Å². The molecule has 1 aromatic carbocycles. The van der Waals surface area contributed by atoms with E-state index in [-0.39, 0.29) is 36.1 Å². The van der Waals surface area contributed by atoms with Gasteiger partial charge in [0.1, 0.15) is 5.75 Å². The van der Waals surface area contributed by atoms with Crippen LogP contribution in [0.2, 0.25) is 0 Å². The predicted molar refractivity (Wildman–Crippen MR) is 55.1 cm³/mol. The second-order valence-corrected chi connectivity index (χ2v) is 3.08. The molecule has 0 fully saturated rings. The number of hydrogen-bond donors (Lipinski definition) is 0. The Morgan fingerprint density at radius 1 is 1.41 bits per heavy atom. The summed E-state index contributed by atoms with van der Waals surface area (Å²) in [7, 11) is 3.08. The van der Waals surface area contributed by atoms with Crippen LogP contribution in [-0.4, -0.2) is 31.7 Å². The molecular formula is C10H12N3NaO3. The number of methoxy groups -OCH3 is 1. The van der Waals surface area contributed by atoms with Crippen molar-refractivity contribution < 1.29 is 44.2 Å². The van der Waals surface area contributed by atoms with E-state index in [0.717, 1.165) is 5.75 Å². The summed E-state index contributed by atoms with van der Waals surface area (Å²) < 4.78 is 4.98. The fraction of sp³-hybridized carbons (Fsp3) is 0.300. The van der Waals surface area contributed by atoms with Crippen molar-refractivity contribution in [1.82, 2.24) is 5.01 Å². The van der Waals surface area contributed by atoms with E-state index in [1.165, 1.54) is 12.1 Å². The van der Waals surface area contributed by atoms with E-state index in [4.69, 9.17) is 4.74 Å². The van der Waals surface area contributed by atoms with Gasteiger partial charge in [0, 0.05) is 7.05 Å². The fourth-order valence-electron chi connectivity index (χ4n) is 0.995. The van der Waals surface area contributed by atoms with E-state index >= 15 is 0 Å². The molecule has 0 atom stereocenters. The van der Waals surface area contributed by atoms with E-state index in [1.54, 1.807) is 31.4 Å². The molecule has 0 radical (unpaired) electrons. The standard InChI is InChI=1S/C10H13N3O3.Na/c1-13(7-10(14)15)12-11-8-3-5-9(16-2)6-4-8;/h3-6H,7H2,1-2H3,(H,14,15);/q;+1/p-1. The molecule has 0 N–H and O–H groups in total. The average molecular weight is 245 g/mol. The van der Waals surface area contributed by atoms with Crippen LogP contribution in [0.15, 0.2) is 34.6 Å². The quantitative estimate of drug-likeness (QED) is 0.323. The van der Waals surface area contributed by atoms with Crippen LogP contribution in [0.25, 0.3) is 0 Å². The predicted octanol–water partition coefficient (Wildman–Crippen LogP) is -2.62. The molecular weight excluding hydrogens is 233 g/mol. The molecule has 6 nitrogen and oxygen atoms in total. The molecule has 0 unspecified atom stereocenters. The van der Waals surface area contributed by atoms with Crippen molar-refractivity contribution in [1.29, 1.82) is 0 Å². The molecule has 0 aromatic heterocycles. The van der Waals surface area contributed by atoms with Crippen molar-refractivity contribution in [3.05, 3.63) is 24.3 Å². The number of aliphatic carboxylic acids is 1. The number of carbonyl (C=O) groups excluding carboxylic acids is 1. The SMILES string of the molecule is COc1ccc(N=NN(C)CC(=O)[O-])cc1.[Na+]. The molecule has 1 rings (SSSR count). The number of ether oxygens (including phenoxy) is 1. The molecule has 0 saturated heterocycles. The first-order chi connectivity index (χ1) is 7.61. The van der Waals surface area contributed by atoms with Crippen LogP contribution in [0.5, 0.6) is 5.75 Å². The summed E-state index contributed by atoms with van der Waals surface area (Å²) in [6.45, 7) is -0.292. The van der Waals surface area contributed by atoms with Crippen LogP contribution in [-0.2, 0) is 4.79 Å². The Morgan fingerprint density at radius 3 is 2.47 bits per heavy atom. The van der Waals surface area contributed by atoms with E-state index < -0.39 is 5.97 Å². The van der Waals surface area contributed by atoms with Crippen LogP contribution in [0, 0.1) is 0 Å². The molecule has 1 aromatic rings. The van der Waals surface area contributed by atoms with Crippen LogP contribution in [0.1, 0.15) is 0 Å². The van der Waals surface area contributed by atoms with Gasteiger partial charge in [0.25, 0.3) is 0 Å². The Labute approximate surface area is 122 Å². The van der Waals surface area contributed by atoms with Crippen molar-refractivity contribution >= 4 is 11.7 Å². The number of hydrogen-bond acceptors (Lipinski definition) is 5. The molecule has 86 valence electrons. The average Bonchev–Trinajstić information content (AvgIpc) is 2.26. The van der Waals surface area contributed by atoms with Gasteiger partial charge in [0.2, 0.25) is 0 Å². The third-order valence-corrected chi connectivity index (χ3v) is 1.74. The normalized spacial score (nSPS) is 9.76. The van der Waals surface area contributed by atoms with Gasteiger partial charge in [-0.15, -0.1) is 5.11 Å². The van der Waals surface area contributed by atoms with Gasteiger partial charge in [-0.05, 0) is 24.3 Å². The Kier molecular flexibility index (Phi) is 7.53. The molecule has 0 aliphatic heterocycles. The summed E-state index contributed by atoms with van der Waals surface area (Å²) in [4.78, 5) is 10.2. The summed E-state index contributed by atoms with van der Waals surface area (Å²) in [6.07, 6.45) is 0. The molecule has 0 spiro atoms. The molecule has 0 bridgehead atoms. The monoisotopic (exact) mass is 245 g/mol. The van der Waals surface area contributed by atoms with E-state index in [2.05, 4.69) is 10.3 Å². The van der Waals surface area contributed by atoms with Crippen LogP contribution in [0.3, 0.4) is 0 Å². The molecule has 0 aliphatic rings. The van der Waals surface area contributed by atoms with Gasteiger partial charge in [0.15, 0.2) is 0 Å². The third-order valence-electron chi connectivity index (χ3n) is 1.74. The zero-order valence-corrected chi connectivity index (χ0v) is 12.1. The maximum atomic E-state index is 10.2. The molecule has 17 heavy (non-hydrogen) atoms. The van der Waals surface area contributed by atoms with Crippen molar-refractivity contribution in [3.63, 3.8) is 0 Å². The molecule has 0 aliphatic carbocycles. The number of nitrogens with zero attached hydrogens (tertiary/aromatic N) is 3. The Hall–Kier alpha value is -1.11. The second kappa shape index (κ2) is 8.05. The Balaban J connectivity index is 0.00000256. The van der Waals surface area contributed by atoms with Crippen molar-refractivity contribution in [2.24, 2.45) is 10.3 Å². The van der Waals surface area contributed by atoms with Gasteiger partial charge in [-0.25, -0.2) is 0 Å². The van der Waals surface area contributed by atoms with Crippen molar-refractivity contribution in [3.8, 4) is 5.75 Å². The fourth-order valence-corrected chi connectivity index (χ4v) is 0.995. The number of likely N-dealkylation sites (N-methyl/N-ethyl adjacent to an activating group) is 1. The topological polar surface area (TPSA) is 77.3 Å². The van der Waals surface area contributed by atoms with Crippen LogP contribution < -0.4 is 39.4 Å². The molecule has 0 amide bonds. The Bertz CT molecular complexity index is 381. The summed E-state index contributed by atoms with van der Waals surface area (Å²) in [5.41, 5.74) is 0.617. The third kappa shape index (κ3) is 6.25. The molecule has 0 heterocycles. The first-order valence-corrected chi connectivity index (χ1v) is 4.58. The minimum absolute atomic E-state index is 0. The maximum absolute atomic E-state index is 10.2. The molecule has 7 heteroatoms. The second-order valence-electron chi connectivity index (χ2n) is 3.08. The van der Waals surface area contributed by atoms with Gasteiger partial charge in [-0.3, -0.25) is 5.01 Å². The van der Waals surface area contributed by atoms with Crippen molar-refractivity contribution in [2.75, 3.05) is 20.7 Å². The van der Waals surface area contributed by atoms with E-state index in [9.17, 15) is 9.90 Å². The smallest absolute Gasteiger partial charge is 0.548 e. The number of carbonyl (C=O) groups is 1. The first kappa shape index (κ1) is 15.9. The summed E-state index contributed by atoms with van der Waals surface area (Å²) >= 11 is 0. The first-order valence-electron chi connectivity index (χ1n) is 4.58. The minimum Gasteiger partial charge on any atom is -0.548 e. The number of carboxylic acids is 1. The molecule has 0 saturated carbocycles. The van der Waals surface area contributed by atoms with Gasteiger partial charge in [-0.1, -0.05) is 5.22 Å². The van der Waals surface area contributed by atoms with Crippen LogP contribution in [0.4, 0.5) is 5.69 Å². The summed E-state index contributed by atoms with van der Waals surface area (Å²) in [5, 5.41) is 18.9.